The van der Waals surface area contributed by atoms with Crippen LogP contribution in [0.1, 0.15) is 0 Å². The van der Waals surface area contributed by atoms with Crippen LogP contribution in [0.15, 0.2) is 58.4 Å². The van der Waals surface area contributed by atoms with Crippen molar-refractivity contribution < 1.29 is 18.8 Å². The van der Waals surface area contributed by atoms with Crippen molar-refractivity contribution >= 4 is 47.2 Å². The van der Waals surface area contributed by atoms with Crippen LogP contribution in [0, 0.1) is 11.7 Å². The molecule has 6 nitrogen and oxygen atoms in total. The lowest BCUT2D eigenvalue weighted by Gasteiger charge is -2.28. The summed E-state index contributed by atoms with van der Waals surface area (Å²) in [5, 5.41) is 2.12. The van der Waals surface area contributed by atoms with E-state index in [2.05, 4.69) is 10.3 Å². The molecule has 2 aromatic carbocycles. The lowest BCUT2D eigenvalue weighted by atomic mass is 10.1. The van der Waals surface area contributed by atoms with E-state index in [4.69, 9.17) is 0 Å². The molecule has 0 radical (unpaired) electrons. The molecule has 1 N–H and O–H groups in total. The van der Waals surface area contributed by atoms with Crippen molar-refractivity contribution in [3.63, 3.8) is 0 Å². The fourth-order valence-electron chi connectivity index (χ4n) is 2.45. The number of carbonyl (C=O) groups is 3. The summed E-state index contributed by atoms with van der Waals surface area (Å²) in [4.78, 5) is 42.7. The van der Waals surface area contributed by atoms with Crippen molar-refractivity contribution in [2.24, 2.45) is 10.9 Å². The fourth-order valence-corrected chi connectivity index (χ4v) is 2.99. The second-order valence-corrected chi connectivity index (χ2v) is 6.22. The minimum atomic E-state index is -1.26. The van der Waals surface area contributed by atoms with Crippen LogP contribution in [0.4, 0.5) is 20.6 Å². The molecular weight excluding hydrogens is 357 g/mol. The summed E-state index contributed by atoms with van der Waals surface area (Å²) >= 11 is 1.48. The number of hydrogen-bond donors (Lipinski definition) is 1. The number of nitrogens with one attached hydrogen (secondary N) is 1. The summed E-state index contributed by atoms with van der Waals surface area (Å²) < 4.78 is 13.1. The molecule has 0 spiro atoms. The van der Waals surface area contributed by atoms with Gasteiger partial charge in [0.15, 0.2) is 5.92 Å². The van der Waals surface area contributed by atoms with Crippen molar-refractivity contribution in [2.75, 3.05) is 11.2 Å². The zero-order chi connectivity index (χ0) is 18.7. The zero-order valence-electron chi connectivity index (χ0n) is 13.7. The molecule has 1 aliphatic heterocycles. The second kappa shape index (κ2) is 7.49. The Kier molecular flexibility index (Phi) is 5.13. The predicted molar refractivity (Wildman–Crippen MR) is 97.3 cm³/mol. The number of carbonyl (C=O) groups excluding carboxylic acids is 3. The van der Waals surface area contributed by atoms with Gasteiger partial charge >= 0.3 is 6.03 Å². The first kappa shape index (κ1) is 17.8. The standard InChI is InChI=1S/C18H14FN3O3S/c1-26-15-5-3-2-4-14(15)20-10-13-16(23)21-18(25)22(17(13)24)12-8-6-11(19)7-9-12/h2-10,13H,1H3,(H,21,23,25)/t13-/m0/s1. The molecule has 0 bridgehead atoms. The van der Waals surface area contributed by atoms with Crippen LogP contribution in [0.5, 0.6) is 0 Å². The number of thioether (sulfide) groups is 1. The maximum Gasteiger partial charge on any atom is 0.335 e. The molecule has 26 heavy (non-hydrogen) atoms. The molecular formula is C18H14FN3O3S. The minimum absolute atomic E-state index is 0.171. The first-order valence-corrected chi connectivity index (χ1v) is 8.85. The summed E-state index contributed by atoms with van der Waals surface area (Å²) in [6.07, 6.45) is 3.11. The Morgan fingerprint density at radius 3 is 2.50 bits per heavy atom. The number of anilines is 1. The number of urea groups is 1. The molecule has 1 heterocycles. The molecule has 0 unspecified atom stereocenters. The highest BCUT2D eigenvalue weighted by Crippen LogP contribution is 2.27. The van der Waals surface area contributed by atoms with Crippen LogP contribution in [0.2, 0.25) is 0 Å². The molecule has 8 heteroatoms. The van der Waals surface area contributed by atoms with E-state index in [0.717, 1.165) is 21.9 Å². The molecule has 1 saturated heterocycles. The number of amides is 4. The Morgan fingerprint density at radius 1 is 1.12 bits per heavy atom. The third-order valence-electron chi connectivity index (χ3n) is 3.73. The number of benzene rings is 2. The average molecular weight is 371 g/mol. The lowest BCUT2D eigenvalue weighted by molar-refractivity contribution is -0.131. The Balaban J connectivity index is 1.90. The van der Waals surface area contributed by atoms with Gasteiger partial charge in [-0.25, -0.2) is 14.1 Å². The van der Waals surface area contributed by atoms with Gasteiger partial charge < -0.3 is 0 Å². The van der Waals surface area contributed by atoms with E-state index < -0.39 is 29.6 Å². The van der Waals surface area contributed by atoms with Gasteiger partial charge in [0.1, 0.15) is 5.82 Å². The third kappa shape index (κ3) is 3.50. The number of aliphatic imine (C=N–C) groups is 1. The minimum Gasteiger partial charge on any atom is -0.276 e. The Bertz CT molecular complexity index is 899. The van der Waals surface area contributed by atoms with Gasteiger partial charge in [-0.15, -0.1) is 11.8 Å². The average Bonchev–Trinajstić information content (AvgIpc) is 2.63. The Morgan fingerprint density at radius 2 is 1.81 bits per heavy atom. The van der Waals surface area contributed by atoms with Gasteiger partial charge in [0.25, 0.3) is 5.91 Å². The Labute approximate surface area is 153 Å². The van der Waals surface area contributed by atoms with Gasteiger partial charge in [0.2, 0.25) is 5.91 Å². The van der Waals surface area contributed by atoms with Gasteiger partial charge in [-0.3, -0.25) is 19.9 Å². The molecule has 3 rings (SSSR count). The first-order valence-electron chi connectivity index (χ1n) is 7.63. The number of halogens is 1. The SMILES string of the molecule is CSc1ccccc1N=C[C@H]1C(=O)NC(=O)N(c2ccc(F)cc2)C1=O. The molecule has 1 atom stereocenters. The smallest absolute Gasteiger partial charge is 0.276 e. The number of para-hydroxylation sites is 1. The van der Waals surface area contributed by atoms with E-state index >= 15 is 0 Å². The van der Waals surface area contributed by atoms with Gasteiger partial charge in [0, 0.05) is 11.1 Å². The van der Waals surface area contributed by atoms with Gasteiger partial charge in [-0.05, 0) is 42.7 Å². The largest absolute Gasteiger partial charge is 0.335 e. The number of nitrogens with zero attached hydrogens (tertiary/aromatic N) is 2. The number of hydrogen-bond acceptors (Lipinski definition) is 5. The van der Waals surface area contributed by atoms with Crippen LogP contribution in [-0.4, -0.2) is 30.3 Å². The van der Waals surface area contributed by atoms with E-state index in [9.17, 15) is 18.8 Å². The van der Waals surface area contributed by atoms with Crippen LogP contribution in [-0.2, 0) is 9.59 Å². The number of barbiturate groups is 1. The summed E-state index contributed by atoms with van der Waals surface area (Å²) in [6.45, 7) is 0. The summed E-state index contributed by atoms with van der Waals surface area (Å²) in [5.74, 6) is -3.24. The zero-order valence-corrected chi connectivity index (χ0v) is 14.5. The van der Waals surface area contributed by atoms with Gasteiger partial charge in [-0.2, -0.15) is 0 Å². The van der Waals surface area contributed by atoms with Crippen molar-refractivity contribution in [3.8, 4) is 0 Å². The molecule has 0 aromatic heterocycles. The van der Waals surface area contributed by atoms with Crippen molar-refractivity contribution in [2.45, 2.75) is 4.90 Å². The topological polar surface area (TPSA) is 78.8 Å². The normalized spacial score (nSPS) is 17.7. The summed E-state index contributed by atoms with van der Waals surface area (Å²) in [5.41, 5.74) is 0.787. The van der Waals surface area contributed by atoms with E-state index in [1.807, 2.05) is 18.4 Å². The monoisotopic (exact) mass is 371 g/mol. The van der Waals surface area contributed by atoms with Crippen molar-refractivity contribution in [3.05, 3.63) is 54.3 Å². The number of rotatable bonds is 4. The maximum absolute atomic E-state index is 13.1. The molecule has 0 saturated carbocycles. The molecule has 132 valence electrons. The second-order valence-electron chi connectivity index (χ2n) is 5.37. The summed E-state index contributed by atoms with van der Waals surface area (Å²) in [6, 6.07) is 11.3. The summed E-state index contributed by atoms with van der Waals surface area (Å²) in [7, 11) is 0. The third-order valence-corrected chi connectivity index (χ3v) is 4.52. The highest BCUT2D eigenvalue weighted by Gasteiger charge is 2.40. The Hall–Kier alpha value is -3.00. The van der Waals surface area contributed by atoms with Crippen molar-refractivity contribution in [1.82, 2.24) is 5.32 Å². The fraction of sp³-hybridized carbons (Fsp3) is 0.111. The van der Waals surface area contributed by atoms with E-state index in [1.165, 1.54) is 30.1 Å². The van der Waals surface area contributed by atoms with E-state index in [1.54, 1.807) is 12.1 Å². The maximum atomic E-state index is 13.1. The van der Waals surface area contributed by atoms with Crippen LogP contribution in [0.3, 0.4) is 0 Å². The molecule has 0 aliphatic carbocycles. The number of imide groups is 2. The molecule has 4 amide bonds. The van der Waals surface area contributed by atoms with Crippen LogP contribution in [0.25, 0.3) is 0 Å². The van der Waals surface area contributed by atoms with Crippen LogP contribution >= 0.6 is 11.8 Å². The predicted octanol–water partition coefficient (Wildman–Crippen LogP) is 3.15. The van der Waals surface area contributed by atoms with Crippen molar-refractivity contribution in [1.29, 1.82) is 0 Å². The molecule has 2 aromatic rings. The molecule has 1 fully saturated rings. The van der Waals surface area contributed by atoms with E-state index in [0.29, 0.717) is 5.69 Å². The first-order chi connectivity index (χ1) is 12.5. The van der Waals surface area contributed by atoms with E-state index in [-0.39, 0.29) is 5.69 Å². The van der Waals surface area contributed by atoms with Gasteiger partial charge in [-0.1, -0.05) is 12.1 Å². The highest BCUT2D eigenvalue weighted by atomic mass is 32.2. The highest BCUT2D eigenvalue weighted by molar-refractivity contribution is 7.98. The quantitative estimate of drug-likeness (QED) is 0.509. The van der Waals surface area contributed by atoms with Crippen LogP contribution < -0.4 is 10.2 Å². The van der Waals surface area contributed by atoms with Gasteiger partial charge in [0.05, 0.1) is 11.4 Å². The molecule has 1 aliphatic rings. The lowest BCUT2D eigenvalue weighted by Crippen LogP contribution is -2.58.